The van der Waals surface area contributed by atoms with Crippen LogP contribution in [0.5, 0.6) is 0 Å². The van der Waals surface area contributed by atoms with Crippen molar-refractivity contribution < 1.29 is 8.42 Å². The van der Waals surface area contributed by atoms with Gasteiger partial charge in [0.1, 0.15) is 0 Å². The van der Waals surface area contributed by atoms with E-state index in [0.29, 0.717) is 25.6 Å². The molecule has 1 aromatic carbocycles. The van der Waals surface area contributed by atoms with Crippen LogP contribution < -0.4 is 0 Å². The van der Waals surface area contributed by atoms with Gasteiger partial charge in [0.2, 0.25) is 10.0 Å². The second kappa shape index (κ2) is 7.38. The van der Waals surface area contributed by atoms with Gasteiger partial charge in [0.25, 0.3) is 0 Å². The molecule has 1 saturated heterocycles. The lowest BCUT2D eigenvalue weighted by atomic mass is 10.1. The van der Waals surface area contributed by atoms with Gasteiger partial charge >= 0.3 is 0 Å². The first kappa shape index (κ1) is 16.5. The van der Waals surface area contributed by atoms with Crippen molar-refractivity contribution in [2.24, 2.45) is 0 Å². The Labute approximate surface area is 128 Å². The minimum Gasteiger partial charge on any atom is -0.298 e. The van der Waals surface area contributed by atoms with Gasteiger partial charge in [-0.3, -0.25) is 4.90 Å². The summed E-state index contributed by atoms with van der Waals surface area (Å²) in [7, 11) is -3.03. The van der Waals surface area contributed by atoms with Crippen molar-refractivity contribution in [2.45, 2.75) is 32.7 Å². The molecule has 0 radical (unpaired) electrons. The third-order valence-electron chi connectivity index (χ3n) is 4.13. The fourth-order valence-electron chi connectivity index (χ4n) is 2.89. The Morgan fingerprint density at radius 3 is 2.29 bits per heavy atom. The fourth-order valence-corrected chi connectivity index (χ4v) is 4.39. The molecule has 5 heteroatoms. The van der Waals surface area contributed by atoms with Crippen LogP contribution in [0.2, 0.25) is 0 Å². The maximum atomic E-state index is 12.1. The van der Waals surface area contributed by atoms with E-state index in [2.05, 4.69) is 36.1 Å². The molecule has 1 aromatic rings. The van der Waals surface area contributed by atoms with E-state index < -0.39 is 10.0 Å². The van der Waals surface area contributed by atoms with E-state index in [4.69, 9.17) is 0 Å². The Bertz CT molecular complexity index is 522. The van der Waals surface area contributed by atoms with E-state index in [1.54, 1.807) is 4.31 Å². The Morgan fingerprint density at radius 1 is 1.10 bits per heavy atom. The summed E-state index contributed by atoms with van der Waals surface area (Å²) in [5, 5.41) is 0. The topological polar surface area (TPSA) is 40.6 Å². The molecule has 1 aliphatic rings. The van der Waals surface area contributed by atoms with Gasteiger partial charge in [0.05, 0.1) is 5.75 Å². The second-order valence-electron chi connectivity index (χ2n) is 5.79. The summed E-state index contributed by atoms with van der Waals surface area (Å²) in [6, 6.07) is 10.9. The molecule has 21 heavy (non-hydrogen) atoms. The minimum atomic E-state index is -3.03. The third-order valence-corrected chi connectivity index (χ3v) is 6.20. The third kappa shape index (κ3) is 4.53. The first-order valence-corrected chi connectivity index (χ1v) is 9.39. The normalized spacial score (nSPS) is 19.5. The monoisotopic (exact) mass is 310 g/mol. The molecular weight excluding hydrogens is 284 g/mol. The highest BCUT2D eigenvalue weighted by Crippen LogP contribution is 2.14. The van der Waals surface area contributed by atoms with Crippen molar-refractivity contribution in [3.05, 3.63) is 35.9 Å². The Morgan fingerprint density at radius 2 is 1.71 bits per heavy atom. The number of sulfonamides is 1. The van der Waals surface area contributed by atoms with E-state index in [-0.39, 0.29) is 5.75 Å². The van der Waals surface area contributed by atoms with Gasteiger partial charge in [0.15, 0.2) is 0 Å². The molecule has 1 heterocycles. The van der Waals surface area contributed by atoms with Crippen LogP contribution in [0.4, 0.5) is 0 Å². The zero-order valence-electron chi connectivity index (χ0n) is 13.0. The summed E-state index contributed by atoms with van der Waals surface area (Å²) < 4.78 is 25.8. The quantitative estimate of drug-likeness (QED) is 0.806. The van der Waals surface area contributed by atoms with Crippen molar-refractivity contribution in [1.29, 1.82) is 0 Å². The lowest BCUT2D eigenvalue weighted by molar-refractivity contribution is 0.145. The summed E-state index contributed by atoms with van der Waals surface area (Å²) in [4.78, 5) is 2.39. The van der Waals surface area contributed by atoms with Crippen LogP contribution in [-0.4, -0.2) is 55.6 Å². The van der Waals surface area contributed by atoms with E-state index in [1.165, 1.54) is 5.56 Å². The summed E-state index contributed by atoms with van der Waals surface area (Å²) in [6.07, 6.45) is 1.70. The average molecular weight is 310 g/mol. The van der Waals surface area contributed by atoms with Crippen LogP contribution in [0.1, 0.15) is 25.8 Å². The molecule has 0 spiro atoms. The standard InChI is InChI=1S/C16H26N2O2S/c1-3-13-21(19,20)18-11-9-17(10-12-18)15(2)14-16-7-5-4-6-8-16/h4-8,15H,3,9-14H2,1-2H3. The number of benzene rings is 1. The van der Waals surface area contributed by atoms with Crippen LogP contribution in [-0.2, 0) is 16.4 Å². The molecule has 2 rings (SSSR count). The van der Waals surface area contributed by atoms with E-state index in [1.807, 2.05) is 13.0 Å². The summed E-state index contributed by atoms with van der Waals surface area (Å²) in [5.74, 6) is 0.270. The van der Waals surface area contributed by atoms with Crippen LogP contribution in [0.25, 0.3) is 0 Å². The van der Waals surface area contributed by atoms with Crippen molar-refractivity contribution in [3.8, 4) is 0 Å². The SMILES string of the molecule is CCCS(=O)(=O)N1CCN(C(C)Cc2ccccc2)CC1. The predicted molar refractivity (Wildman–Crippen MR) is 86.8 cm³/mol. The van der Waals surface area contributed by atoms with E-state index >= 15 is 0 Å². The fraction of sp³-hybridized carbons (Fsp3) is 0.625. The van der Waals surface area contributed by atoms with Gasteiger partial charge in [-0.1, -0.05) is 37.3 Å². The number of nitrogens with zero attached hydrogens (tertiary/aromatic N) is 2. The van der Waals surface area contributed by atoms with Gasteiger partial charge in [-0.15, -0.1) is 0 Å². The Kier molecular flexibility index (Phi) is 5.79. The molecule has 1 fully saturated rings. The van der Waals surface area contributed by atoms with Gasteiger partial charge in [-0.2, -0.15) is 4.31 Å². The maximum absolute atomic E-state index is 12.1. The van der Waals surface area contributed by atoms with Crippen molar-refractivity contribution in [1.82, 2.24) is 9.21 Å². The maximum Gasteiger partial charge on any atom is 0.214 e. The number of hydrogen-bond acceptors (Lipinski definition) is 3. The van der Waals surface area contributed by atoms with Crippen molar-refractivity contribution in [3.63, 3.8) is 0 Å². The molecule has 1 aliphatic heterocycles. The number of piperazine rings is 1. The highest BCUT2D eigenvalue weighted by atomic mass is 32.2. The van der Waals surface area contributed by atoms with Crippen LogP contribution in [0.15, 0.2) is 30.3 Å². The lowest BCUT2D eigenvalue weighted by Gasteiger charge is -2.37. The molecule has 0 bridgehead atoms. The molecule has 1 unspecified atom stereocenters. The molecule has 0 N–H and O–H groups in total. The average Bonchev–Trinajstić information content (AvgIpc) is 2.48. The van der Waals surface area contributed by atoms with Crippen molar-refractivity contribution >= 4 is 10.0 Å². The summed E-state index contributed by atoms with van der Waals surface area (Å²) >= 11 is 0. The van der Waals surface area contributed by atoms with E-state index in [9.17, 15) is 8.42 Å². The van der Waals surface area contributed by atoms with Crippen molar-refractivity contribution in [2.75, 3.05) is 31.9 Å². The van der Waals surface area contributed by atoms with Gasteiger partial charge < -0.3 is 0 Å². The molecule has 4 nitrogen and oxygen atoms in total. The molecule has 0 amide bonds. The van der Waals surface area contributed by atoms with E-state index in [0.717, 1.165) is 19.5 Å². The van der Waals surface area contributed by atoms with Crippen LogP contribution in [0.3, 0.4) is 0 Å². The Balaban J connectivity index is 1.86. The lowest BCUT2D eigenvalue weighted by Crippen LogP contribution is -2.52. The molecule has 118 valence electrons. The smallest absolute Gasteiger partial charge is 0.214 e. The van der Waals surface area contributed by atoms with Crippen LogP contribution in [0, 0.1) is 0 Å². The second-order valence-corrected chi connectivity index (χ2v) is 7.88. The number of rotatable bonds is 6. The molecular formula is C16H26N2O2S. The van der Waals surface area contributed by atoms with Gasteiger partial charge in [-0.25, -0.2) is 8.42 Å². The highest BCUT2D eigenvalue weighted by Gasteiger charge is 2.27. The number of hydrogen-bond donors (Lipinski definition) is 0. The largest absolute Gasteiger partial charge is 0.298 e. The molecule has 0 aromatic heterocycles. The van der Waals surface area contributed by atoms with Gasteiger partial charge in [0, 0.05) is 32.2 Å². The summed E-state index contributed by atoms with van der Waals surface area (Å²) in [5.41, 5.74) is 1.34. The van der Waals surface area contributed by atoms with Gasteiger partial charge in [-0.05, 0) is 25.3 Å². The summed E-state index contributed by atoms with van der Waals surface area (Å²) in [6.45, 7) is 7.05. The minimum absolute atomic E-state index is 0.270. The Hall–Kier alpha value is -0.910. The first-order chi connectivity index (χ1) is 10.0. The molecule has 0 saturated carbocycles. The molecule has 0 aliphatic carbocycles. The zero-order valence-corrected chi connectivity index (χ0v) is 13.8. The zero-order chi connectivity index (χ0) is 15.3. The first-order valence-electron chi connectivity index (χ1n) is 7.78. The molecule has 1 atom stereocenters. The highest BCUT2D eigenvalue weighted by molar-refractivity contribution is 7.89. The predicted octanol–water partition coefficient (Wildman–Crippen LogP) is 1.97. The van der Waals surface area contributed by atoms with Crippen LogP contribution >= 0.6 is 0 Å².